The Balaban J connectivity index is 1.85. The van der Waals surface area contributed by atoms with E-state index in [0.717, 1.165) is 17.7 Å². The van der Waals surface area contributed by atoms with E-state index in [-0.39, 0.29) is 16.4 Å². The number of methoxy groups -OCH3 is 1. The molecule has 1 N–H and O–H groups in total. The molecule has 27 heavy (non-hydrogen) atoms. The Kier molecular flexibility index (Phi) is 5.18. The minimum absolute atomic E-state index is 0.0400. The molecule has 0 radical (unpaired) electrons. The molecule has 0 aromatic heterocycles. The van der Waals surface area contributed by atoms with Crippen molar-refractivity contribution in [1.29, 1.82) is 0 Å². The Morgan fingerprint density at radius 3 is 2.59 bits per heavy atom. The van der Waals surface area contributed by atoms with Crippen molar-refractivity contribution < 1.29 is 22.7 Å². The van der Waals surface area contributed by atoms with Gasteiger partial charge in [-0.15, -0.1) is 0 Å². The van der Waals surface area contributed by atoms with Gasteiger partial charge in [-0.1, -0.05) is 6.07 Å². The van der Waals surface area contributed by atoms with E-state index in [0.29, 0.717) is 18.7 Å². The zero-order valence-electron chi connectivity index (χ0n) is 15.1. The molecule has 0 atom stereocenters. The average molecular weight is 388 g/mol. The molecule has 1 aliphatic heterocycles. The van der Waals surface area contributed by atoms with Crippen LogP contribution in [0.3, 0.4) is 0 Å². The van der Waals surface area contributed by atoms with Crippen molar-refractivity contribution in [2.45, 2.75) is 24.7 Å². The van der Waals surface area contributed by atoms with Gasteiger partial charge in [0.15, 0.2) is 0 Å². The second kappa shape index (κ2) is 7.40. The number of nitrogens with one attached hydrogen (secondary N) is 1. The summed E-state index contributed by atoms with van der Waals surface area (Å²) in [5.74, 6) is -0.534. The maximum absolute atomic E-state index is 12.6. The summed E-state index contributed by atoms with van der Waals surface area (Å²) in [6.45, 7) is 2.50. The summed E-state index contributed by atoms with van der Waals surface area (Å²) in [5.41, 5.74) is 2.12. The second-order valence-electron chi connectivity index (χ2n) is 6.28. The lowest BCUT2D eigenvalue weighted by molar-refractivity contribution is -0.117. The first-order valence-corrected chi connectivity index (χ1v) is 9.92. The summed E-state index contributed by atoms with van der Waals surface area (Å²) in [5, 5.41) is 0. The number of nitrogens with zero attached hydrogens (tertiary/aromatic N) is 1. The molecular weight excluding hydrogens is 368 g/mol. The van der Waals surface area contributed by atoms with Gasteiger partial charge in [0.25, 0.3) is 10.0 Å². The summed E-state index contributed by atoms with van der Waals surface area (Å²) in [7, 11) is -2.64. The van der Waals surface area contributed by atoms with E-state index in [1.165, 1.54) is 31.4 Å². The van der Waals surface area contributed by atoms with E-state index >= 15 is 0 Å². The van der Waals surface area contributed by atoms with Gasteiger partial charge in [0, 0.05) is 24.3 Å². The molecule has 0 aliphatic carbocycles. The van der Waals surface area contributed by atoms with Crippen molar-refractivity contribution in [2.24, 2.45) is 0 Å². The number of benzene rings is 2. The van der Waals surface area contributed by atoms with Gasteiger partial charge in [-0.25, -0.2) is 13.2 Å². The molecule has 1 amide bonds. The molecule has 2 aromatic carbocycles. The molecule has 1 saturated heterocycles. The first kappa shape index (κ1) is 18.9. The summed E-state index contributed by atoms with van der Waals surface area (Å²) >= 11 is 0. The van der Waals surface area contributed by atoms with Crippen LogP contribution in [0.15, 0.2) is 47.4 Å². The highest BCUT2D eigenvalue weighted by Crippen LogP contribution is 2.28. The summed E-state index contributed by atoms with van der Waals surface area (Å²) in [4.78, 5) is 25.2. The fourth-order valence-corrected chi connectivity index (χ4v) is 4.14. The first-order valence-electron chi connectivity index (χ1n) is 8.44. The van der Waals surface area contributed by atoms with Crippen LogP contribution in [0.25, 0.3) is 0 Å². The Morgan fingerprint density at radius 2 is 1.96 bits per heavy atom. The molecule has 0 unspecified atom stereocenters. The highest BCUT2D eigenvalue weighted by molar-refractivity contribution is 7.92. The lowest BCUT2D eigenvalue weighted by Gasteiger charge is -2.19. The normalized spacial score (nSPS) is 14.3. The Bertz CT molecular complexity index is 1000. The summed E-state index contributed by atoms with van der Waals surface area (Å²) in [6, 6.07) is 10.7. The zero-order chi connectivity index (χ0) is 19.6. The number of rotatable bonds is 5. The Hall–Kier alpha value is -2.87. The van der Waals surface area contributed by atoms with Gasteiger partial charge in [-0.2, -0.15) is 0 Å². The lowest BCUT2D eigenvalue weighted by atomic mass is 10.1. The van der Waals surface area contributed by atoms with E-state index in [9.17, 15) is 18.0 Å². The van der Waals surface area contributed by atoms with E-state index < -0.39 is 16.0 Å². The second-order valence-corrected chi connectivity index (χ2v) is 7.96. The number of ether oxygens (including phenoxy) is 1. The molecule has 8 heteroatoms. The number of carbonyl (C=O) groups excluding carboxylic acids is 2. The van der Waals surface area contributed by atoms with Crippen molar-refractivity contribution >= 4 is 33.3 Å². The SMILES string of the molecule is COC(=O)c1cccc(S(=O)(=O)Nc2ccc(N3CCCC3=O)c(C)c2)c1. The van der Waals surface area contributed by atoms with Gasteiger partial charge in [0.05, 0.1) is 17.6 Å². The van der Waals surface area contributed by atoms with Crippen molar-refractivity contribution in [3.63, 3.8) is 0 Å². The molecule has 0 spiro atoms. The Labute approximate surface area is 158 Å². The fraction of sp³-hybridized carbons (Fsp3) is 0.263. The average Bonchev–Trinajstić information content (AvgIpc) is 3.06. The standard InChI is InChI=1S/C19H20N2O5S/c1-13-11-15(8-9-17(13)21-10-4-7-18(21)22)20-27(24,25)16-6-3-5-14(12-16)19(23)26-2/h3,5-6,8-9,11-12,20H,4,7,10H2,1-2H3. The molecular formula is C19H20N2O5S. The first-order chi connectivity index (χ1) is 12.8. The summed E-state index contributed by atoms with van der Waals surface area (Å²) in [6.07, 6.45) is 1.35. The van der Waals surface area contributed by atoms with Crippen LogP contribution in [-0.2, 0) is 19.6 Å². The van der Waals surface area contributed by atoms with E-state index in [4.69, 9.17) is 0 Å². The predicted molar refractivity (Wildman–Crippen MR) is 101 cm³/mol. The lowest BCUT2D eigenvalue weighted by Crippen LogP contribution is -2.24. The number of anilines is 2. The third kappa shape index (κ3) is 3.95. The molecule has 0 saturated carbocycles. The van der Waals surface area contributed by atoms with Crippen LogP contribution in [0.2, 0.25) is 0 Å². The number of hydrogen-bond acceptors (Lipinski definition) is 5. The van der Waals surface area contributed by atoms with Crippen LogP contribution in [0.1, 0.15) is 28.8 Å². The number of aryl methyl sites for hydroxylation is 1. The Morgan fingerprint density at radius 1 is 1.19 bits per heavy atom. The monoisotopic (exact) mass is 388 g/mol. The predicted octanol–water partition coefficient (Wildman–Crippen LogP) is 2.71. The third-order valence-electron chi connectivity index (χ3n) is 4.38. The number of carbonyl (C=O) groups is 2. The van der Waals surface area contributed by atoms with E-state index in [2.05, 4.69) is 9.46 Å². The van der Waals surface area contributed by atoms with Crippen LogP contribution in [0.5, 0.6) is 0 Å². The number of sulfonamides is 1. The van der Waals surface area contributed by atoms with Gasteiger partial charge in [-0.3, -0.25) is 9.52 Å². The molecule has 1 fully saturated rings. The fourth-order valence-electron chi connectivity index (χ4n) is 3.05. The minimum atomic E-state index is -3.88. The molecule has 142 valence electrons. The largest absolute Gasteiger partial charge is 0.465 e. The van der Waals surface area contributed by atoms with Gasteiger partial charge < -0.3 is 9.64 Å². The van der Waals surface area contributed by atoms with E-state index in [1.807, 2.05) is 6.92 Å². The van der Waals surface area contributed by atoms with Crippen molar-refractivity contribution in [3.8, 4) is 0 Å². The molecule has 1 heterocycles. The van der Waals surface area contributed by atoms with Crippen LogP contribution in [0.4, 0.5) is 11.4 Å². The summed E-state index contributed by atoms with van der Waals surface area (Å²) < 4.78 is 32.4. The maximum Gasteiger partial charge on any atom is 0.337 e. The topological polar surface area (TPSA) is 92.8 Å². The van der Waals surface area contributed by atoms with Gasteiger partial charge in [-0.05, 0) is 55.3 Å². The smallest absolute Gasteiger partial charge is 0.337 e. The van der Waals surface area contributed by atoms with Crippen LogP contribution < -0.4 is 9.62 Å². The minimum Gasteiger partial charge on any atom is -0.465 e. The third-order valence-corrected chi connectivity index (χ3v) is 5.76. The van der Waals surface area contributed by atoms with Crippen molar-refractivity contribution in [2.75, 3.05) is 23.3 Å². The molecule has 7 nitrogen and oxygen atoms in total. The van der Waals surface area contributed by atoms with Gasteiger partial charge in [0.2, 0.25) is 5.91 Å². The van der Waals surface area contributed by atoms with Crippen molar-refractivity contribution in [1.82, 2.24) is 0 Å². The molecule has 3 rings (SSSR count). The van der Waals surface area contributed by atoms with Gasteiger partial charge >= 0.3 is 5.97 Å². The molecule has 0 bridgehead atoms. The number of esters is 1. The van der Waals surface area contributed by atoms with Crippen LogP contribution >= 0.6 is 0 Å². The van der Waals surface area contributed by atoms with Crippen LogP contribution in [0, 0.1) is 6.92 Å². The number of amides is 1. The molecule has 1 aliphatic rings. The quantitative estimate of drug-likeness (QED) is 0.795. The van der Waals surface area contributed by atoms with Crippen molar-refractivity contribution in [3.05, 3.63) is 53.6 Å². The van der Waals surface area contributed by atoms with Gasteiger partial charge in [0.1, 0.15) is 0 Å². The maximum atomic E-state index is 12.6. The zero-order valence-corrected chi connectivity index (χ0v) is 15.9. The highest BCUT2D eigenvalue weighted by atomic mass is 32.2. The number of hydrogen-bond donors (Lipinski definition) is 1. The highest BCUT2D eigenvalue weighted by Gasteiger charge is 2.23. The molecule has 2 aromatic rings. The van der Waals surface area contributed by atoms with E-state index in [1.54, 1.807) is 23.1 Å². The van der Waals surface area contributed by atoms with Crippen LogP contribution in [-0.4, -0.2) is 33.9 Å².